The van der Waals surface area contributed by atoms with E-state index >= 15 is 0 Å². The fourth-order valence-electron chi connectivity index (χ4n) is 4.41. The summed E-state index contributed by atoms with van der Waals surface area (Å²) < 4.78 is 18.9. The fraction of sp³-hybridized carbons (Fsp3) is 0.267. The summed E-state index contributed by atoms with van der Waals surface area (Å²) in [5.74, 6) is 2.75. The Hall–Kier alpha value is -4.26. The van der Waals surface area contributed by atoms with E-state index in [1.165, 1.54) is 0 Å². The van der Waals surface area contributed by atoms with Crippen LogP contribution in [0.5, 0.6) is 17.2 Å². The predicted octanol–water partition coefficient (Wildman–Crippen LogP) is 5.28. The van der Waals surface area contributed by atoms with Crippen molar-refractivity contribution in [2.45, 2.75) is 32.4 Å². The first kappa shape index (κ1) is 25.8. The van der Waals surface area contributed by atoms with Crippen molar-refractivity contribution in [2.24, 2.45) is 0 Å². The minimum atomic E-state index is -0.298. The lowest BCUT2D eigenvalue weighted by Gasteiger charge is -2.17. The molecule has 1 atom stereocenters. The van der Waals surface area contributed by atoms with Gasteiger partial charge in [0.2, 0.25) is 5.91 Å². The van der Waals surface area contributed by atoms with Gasteiger partial charge >= 0.3 is 0 Å². The van der Waals surface area contributed by atoms with Crippen molar-refractivity contribution < 1.29 is 19.0 Å². The van der Waals surface area contributed by atoms with E-state index in [4.69, 9.17) is 19.2 Å². The van der Waals surface area contributed by atoms with E-state index in [1.807, 2.05) is 73.7 Å². The van der Waals surface area contributed by atoms with Crippen LogP contribution in [-0.2, 0) is 24.2 Å². The molecule has 1 N–H and O–H groups in total. The Kier molecular flexibility index (Phi) is 8.46. The van der Waals surface area contributed by atoms with Gasteiger partial charge in [0.05, 0.1) is 44.3 Å². The first-order valence-electron chi connectivity index (χ1n) is 12.3. The van der Waals surface area contributed by atoms with Crippen LogP contribution in [0, 0.1) is 0 Å². The number of carbonyl (C=O) groups excluding carboxylic acids is 1. The van der Waals surface area contributed by atoms with Crippen molar-refractivity contribution in [1.29, 1.82) is 0 Å². The van der Waals surface area contributed by atoms with E-state index in [9.17, 15) is 4.79 Å². The largest absolute Gasteiger partial charge is 0.493 e. The number of rotatable bonds is 12. The number of ether oxygens (including phenoxy) is 3. The van der Waals surface area contributed by atoms with Crippen LogP contribution in [0.3, 0.4) is 0 Å². The van der Waals surface area contributed by atoms with Crippen molar-refractivity contribution in [3.05, 3.63) is 96.3 Å². The Morgan fingerprint density at radius 3 is 2.57 bits per heavy atom. The van der Waals surface area contributed by atoms with Crippen LogP contribution >= 0.6 is 0 Å². The molecule has 0 fully saturated rings. The third-order valence-electron chi connectivity index (χ3n) is 6.17. The van der Waals surface area contributed by atoms with E-state index in [0.717, 1.165) is 40.2 Å². The number of amides is 1. The van der Waals surface area contributed by atoms with Crippen LogP contribution in [0.1, 0.15) is 29.9 Å². The number of nitrogens with zero attached hydrogens (tertiary/aromatic N) is 2. The molecular weight excluding hydrogens is 466 g/mol. The topological polar surface area (TPSA) is 74.6 Å². The summed E-state index contributed by atoms with van der Waals surface area (Å²) in [5, 5.41) is 3.10. The van der Waals surface area contributed by atoms with Crippen molar-refractivity contribution in [2.75, 3.05) is 20.8 Å². The maximum absolute atomic E-state index is 12.9. The zero-order chi connectivity index (χ0) is 26.2. The van der Waals surface area contributed by atoms with Gasteiger partial charge in [-0.2, -0.15) is 0 Å². The number of aromatic nitrogens is 2. The average molecular weight is 500 g/mol. The Balaban J connectivity index is 1.48. The highest BCUT2D eigenvalue weighted by atomic mass is 16.5. The van der Waals surface area contributed by atoms with Gasteiger partial charge in [-0.15, -0.1) is 6.58 Å². The van der Waals surface area contributed by atoms with Gasteiger partial charge in [-0.1, -0.05) is 42.5 Å². The van der Waals surface area contributed by atoms with Crippen LogP contribution in [-0.4, -0.2) is 36.3 Å². The number of hydrogen-bond acceptors (Lipinski definition) is 5. The van der Waals surface area contributed by atoms with Gasteiger partial charge in [-0.3, -0.25) is 4.79 Å². The SMILES string of the molecule is C=CCc1ccccc1OCCn1c(C(C)NC(=O)Cc2ccc(OC)c(OC)c2)nc2ccccc21. The standard InChI is InChI=1S/C30H33N3O4/c1-5-10-23-11-6-9-14-26(23)37-18-17-33-25-13-8-7-12-24(25)32-30(33)21(2)31-29(34)20-22-15-16-27(35-3)28(19-22)36-4/h5-9,11-16,19,21H,1,10,17-18,20H2,2-4H3,(H,31,34). The molecule has 37 heavy (non-hydrogen) atoms. The Morgan fingerprint density at radius 1 is 1.03 bits per heavy atom. The number of imidazole rings is 1. The molecule has 3 aromatic carbocycles. The van der Waals surface area contributed by atoms with Crippen LogP contribution < -0.4 is 19.5 Å². The molecule has 0 saturated carbocycles. The molecule has 0 bridgehead atoms. The molecule has 0 aliphatic rings. The van der Waals surface area contributed by atoms with Crippen molar-refractivity contribution >= 4 is 16.9 Å². The maximum Gasteiger partial charge on any atom is 0.224 e. The quantitative estimate of drug-likeness (QED) is 0.269. The molecule has 0 radical (unpaired) electrons. The highest BCUT2D eigenvalue weighted by Crippen LogP contribution is 2.28. The minimum absolute atomic E-state index is 0.104. The molecule has 0 saturated heterocycles. The number of hydrogen-bond donors (Lipinski definition) is 1. The number of methoxy groups -OCH3 is 2. The smallest absolute Gasteiger partial charge is 0.224 e. The lowest BCUT2D eigenvalue weighted by atomic mass is 10.1. The zero-order valence-electron chi connectivity index (χ0n) is 21.6. The van der Waals surface area contributed by atoms with Gasteiger partial charge in [0.15, 0.2) is 11.5 Å². The third kappa shape index (κ3) is 6.12. The molecule has 1 unspecified atom stereocenters. The molecule has 0 aliphatic heterocycles. The van der Waals surface area contributed by atoms with E-state index in [-0.39, 0.29) is 18.4 Å². The monoisotopic (exact) mass is 499 g/mol. The highest BCUT2D eigenvalue weighted by Gasteiger charge is 2.19. The summed E-state index contributed by atoms with van der Waals surface area (Å²) in [4.78, 5) is 17.8. The first-order valence-corrected chi connectivity index (χ1v) is 12.3. The van der Waals surface area contributed by atoms with Crippen molar-refractivity contribution in [1.82, 2.24) is 14.9 Å². The van der Waals surface area contributed by atoms with Crippen LogP contribution in [0.2, 0.25) is 0 Å². The van der Waals surface area contributed by atoms with Gasteiger partial charge < -0.3 is 24.1 Å². The average Bonchev–Trinajstić information content (AvgIpc) is 3.28. The van der Waals surface area contributed by atoms with Crippen LogP contribution in [0.25, 0.3) is 11.0 Å². The summed E-state index contributed by atoms with van der Waals surface area (Å²) in [6.45, 7) is 6.84. The summed E-state index contributed by atoms with van der Waals surface area (Å²) in [5.41, 5.74) is 3.82. The van der Waals surface area contributed by atoms with E-state index < -0.39 is 0 Å². The second-order valence-electron chi connectivity index (χ2n) is 8.71. The molecular formula is C30H33N3O4. The second-order valence-corrected chi connectivity index (χ2v) is 8.71. The zero-order valence-corrected chi connectivity index (χ0v) is 21.6. The molecule has 1 aromatic heterocycles. The number of para-hydroxylation sites is 3. The lowest BCUT2D eigenvalue weighted by molar-refractivity contribution is -0.121. The molecule has 1 amide bonds. The number of fused-ring (bicyclic) bond motifs is 1. The van der Waals surface area contributed by atoms with E-state index in [0.29, 0.717) is 24.7 Å². The first-order chi connectivity index (χ1) is 18.0. The summed E-state index contributed by atoms with van der Waals surface area (Å²) in [6, 6.07) is 21.1. The molecule has 7 heteroatoms. The molecule has 192 valence electrons. The number of carbonyl (C=O) groups is 1. The van der Waals surface area contributed by atoms with Crippen molar-refractivity contribution in [3.8, 4) is 17.2 Å². The summed E-state index contributed by atoms with van der Waals surface area (Å²) >= 11 is 0. The van der Waals surface area contributed by atoms with Gasteiger partial charge in [-0.05, 0) is 54.8 Å². The number of nitrogens with one attached hydrogen (secondary N) is 1. The van der Waals surface area contributed by atoms with E-state index in [2.05, 4.69) is 16.5 Å². The Bertz CT molecular complexity index is 1380. The molecule has 1 heterocycles. The van der Waals surface area contributed by atoms with Gasteiger partial charge in [-0.25, -0.2) is 4.98 Å². The third-order valence-corrected chi connectivity index (χ3v) is 6.17. The summed E-state index contributed by atoms with van der Waals surface area (Å²) in [7, 11) is 3.17. The fourth-order valence-corrected chi connectivity index (χ4v) is 4.41. The van der Waals surface area contributed by atoms with Gasteiger partial charge in [0, 0.05) is 0 Å². The normalized spacial score (nSPS) is 11.6. The predicted molar refractivity (Wildman–Crippen MR) is 145 cm³/mol. The minimum Gasteiger partial charge on any atom is -0.493 e. The second kappa shape index (κ2) is 12.1. The molecule has 0 aliphatic carbocycles. The highest BCUT2D eigenvalue weighted by molar-refractivity contribution is 5.80. The molecule has 4 rings (SSSR count). The van der Waals surface area contributed by atoms with Crippen LogP contribution in [0.15, 0.2) is 79.4 Å². The van der Waals surface area contributed by atoms with Crippen LogP contribution in [0.4, 0.5) is 0 Å². The number of benzene rings is 3. The Morgan fingerprint density at radius 2 is 1.78 bits per heavy atom. The maximum atomic E-state index is 12.9. The molecule has 0 spiro atoms. The van der Waals surface area contributed by atoms with E-state index in [1.54, 1.807) is 20.3 Å². The summed E-state index contributed by atoms with van der Waals surface area (Å²) in [6.07, 6.45) is 2.84. The molecule has 4 aromatic rings. The lowest BCUT2D eigenvalue weighted by Crippen LogP contribution is -2.30. The van der Waals surface area contributed by atoms with Crippen molar-refractivity contribution in [3.63, 3.8) is 0 Å². The Labute approximate surface area is 217 Å². The van der Waals surface area contributed by atoms with Gasteiger partial charge in [0.25, 0.3) is 0 Å². The van der Waals surface area contributed by atoms with Gasteiger partial charge in [0.1, 0.15) is 18.2 Å². The molecule has 7 nitrogen and oxygen atoms in total. The number of allylic oxidation sites excluding steroid dienone is 1.